The Labute approximate surface area is 121 Å². The Kier molecular flexibility index (Phi) is 4.84. The molecule has 1 atom stereocenters. The number of amides is 1. The van der Waals surface area contributed by atoms with Crippen molar-refractivity contribution in [3.63, 3.8) is 0 Å². The molecular weight excluding hydrogens is 277 g/mol. The molecule has 2 rings (SSSR count). The molecule has 3 nitrogen and oxygen atoms in total. The molecule has 0 aliphatic heterocycles. The van der Waals surface area contributed by atoms with Crippen molar-refractivity contribution >= 4 is 17.7 Å². The Morgan fingerprint density at radius 3 is 2.75 bits per heavy atom. The molecule has 1 heterocycles. The van der Waals surface area contributed by atoms with Gasteiger partial charge >= 0.3 is 0 Å². The van der Waals surface area contributed by atoms with Crippen LogP contribution in [0, 0.1) is 5.82 Å². The fourth-order valence-corrected chi connectivity index (χ4v) is 2.60. The van der Waals surface area contributed by atoms with Crippen molar-refractivity contribution < 1.29 is 13.6 Å². The molecule has 5 heteroatoms. The van der Waals surface area contributed by atoms with E-state index in [-0.39, 0.29) is 23.5 Å². The van der Waals surface area contributed by atoms with Gasteiger partial charge in [0.25, 0.3) is 0 Å². The van der Waals surface area contributed by atoms with Gasteiger partial charge in [-0.25, -0.2) is 4.39 Å². The van der Waals surface area contributed by atoms with Gasteiger partial charge in [-0.1, -0.05) is 12.1 Å². The lowest BCUT2D eigenvalue weighted by molar-refractivity contribution is -0.129. The molecule has 106 valence electrons. The van der Waals surface area contributed by atoms with Crippen molar-refractivity contribution in [2.75, 3.05) is 12.8 Å². The van der Waals surface area contributed by atoms with Crippen molar-refractivity contribution in [3.05, 3.63) is 54.2 Å². The average Bonchev–Trinajstić information content (AvgIpc) is 2.98. The fraction of sp³-hybridized carbons (Fsp3) is 0.267. The van der Waals surface area contributed by atoms with E-state index in [0.717, 1.165) is 5.76 Å². The summed E-state index contributed by atoms with van der Waals surface area (Å²) in [4.78, 5) is 14.2. The summed E-state index contributed by atoms with van der Waals surface area (Å²) in [5, 5.41) is 0. The van der Waals surface area contributed by atoms with E-state index >= 15 is 0 Å². The summed E-state index contributed by atoms with van der Waals surface area (Å²) in [6.07, 6.45) is 1.58. The van der Waals surface area contributed by atoms with Crippen LogP contribution in [0.5, 0.6) is 0 Å². The largest absolute Gasteiger partial charge is 0.467 e. The van der Waals surface area contributed by atoms with Gasteiger partial charge in [-0.15, -0.1) is 11.8 Å². The lowest BCUT2D eigenvalue weighted by atomic mass is 10.2. The van der Waals surface area contributed by atoms with E-state index in [9.17, 15) is 9.18 Å². The molecule has 0 spiro atoms. The molecule has 1 aromatic heterocycles. The standard InChI is InChI=1S/C15H16FNO2S/c1-11(13-7-5-9-19-13)17(2)15(18)10-20-14-8-4-3-6-12(14)16/h3-9,11H,10H2,1-2H3. The van der Waals surface area contributed by atoms with E-state index in [2.05, 4.69) is 0 Å². The van der Waals surface area contributed by atoms with Gasteiger partial charge < -0.3 is 9.32 Å². The topological polar surface area (TPSA) is 33.5 Å². The fourth-order valence-electron chi connectivity index (χ4n) is 1.74. The molecule has 1 aromatic carbocycles. The monoisotopic (exact) mass is 293 g/mol. The van der Waals surface area contributed by atoms with Gasteiger partial charge in [0.05, 0.1) is 18.1 Å². The number of thioether (sulfide) groups is 1. The molecular formula is C15H16FNO2S. The number of rotatable bonds is 5. The van der Waals surface area contributed by atoms with Crippen LogP contribution in [0.3, 0.4) is 0 Å². The Morgan fingerprint density at radius 1 is 1.35 bits per heavy atom. The Bertz CT molecular complexity index is 571. The number of nitrogens with zero attached hydrogens (tertiary/aromatic N) is 1. The molecule has 0 bridgehead atoms. The number of hydrogen-bond acceptors (Lipinski definition) is 3. The van der Waals surface area contributed by atoms with Gasteiger partial charge in [0.1, 0.15) is 11.6 Å². The van der Waals surface area contributed by atoms with E-state index in [1.165, 1.54) is 17.8 Å². The zero-order valence-electron chi connectivity index (χ0n) is 11.4. The third-order valence-corrected chi connectivity index (χ3v) is 4.15. The molecule has 0 N–H and O–H groups in total. The summed E-state index contributed by atoms with van der Waals surface area (Å²) in [7, 11) is 1.72. The van der Waals surface area contributed by atoms with Crippen LogP contribution in [-0.4, -0.2) is 23.6 Å². The number of hydrogen-bond donors (Lipinski definition) is 0. The predicted octanol–water partition coefficient (Wildman–Crippen LogP) is 3.73. The first-order valence-electron chi connectivity index (χ1n) is 6.26. The Balaban J connectivity index is 1.93. The molecule has 0 radical (unpaired) electrons. The predicted molar refractivity (Wildman–Crippen MR) is 77.0 cm³/mol. The van der Waals surface area contributed by atoms with Gasteiger partial charge in [0.15, 0.2) is 0 Å². The minimum absolute atomic E-state index is 0.0675. The summed E-state index contributed by atoms with van der Waals surface area (Å²) in [5.41, 5.74) is 0. The second-order valence-electron chi connectivity index (χ2n) is 4.42. The molecule has 0 saturated heterocycles. The van der Waals surface area contributed by atoms with Crippen LogP contribution in [0.25, 0.3) is 0 Å². The molecule has 0 saturated carbocycles. The van der Waals surface area contributed by atoms with Crippen molar-refractivity contribution in [2.45, 2.75) is 17.9 Å². The highest BCUT2D eigenvalue weighted by molar-refractivity contribution is 8.00. The zero-order valence-corrected chi connectivity index (χ0v) is 12.2. The van der Waals surface area contributed by atoms with Crippen LogP contribution in [0.2, 0.25) is 0 Å². The van der Waals surface area contributed by atoms with Crippen molar-refractivity contribution in [3.8, 4) is 0 Å². The number of benzene rings is 1. The van der Waals surface area contributed by atoms with E-state index in [1.807, 2.05) is 13.0 Å². The molecule has 0 aliphatic carbocycles. The highest BCUT2D eigenvalue weighted by Gasteiger charge is 2.19. The zero-order chi connectivity index (χ0) is 14.5. The van der Waals surface area contributed by atoms with Crippen molar-refractivity contribution in [1.82, 2.24) is 4.90 Å². The summed E-state index contributed by atoms with van der Waals surface area (Å²) >= 11 is 1.20. The van der Waals surface area contributed by atoms with Gasteiger partial charge in [-0.3, -0.25) is 4.79 Å². The van der Waals surface area contributed by atoms with Crippen LogP contribution in [-0.2, 0) is 4.79 Å². The average molecular weight is 293 g/mol. The Hall–Kier alpha value is -1.75. The molecule has 1 amide bonds. The van der Waals surface area contributed by atoms with Crippen molar-refractivity contribution in [2.24, 2.45) is 0 Å². The van der Waals surface area contributed by atoms with Gasteiger partial charge in [-0.2, -0.15) is 0 Å². The first-order chi connectivity index (χ1) is 9.59. The second-order valence-corrected chi connectivity index (χ2v) is 5.43. The maximum absolute atomic E-state index is 13.5. The van der Waals surface area contributed by atoms with E-state index in [0.29, 0.717) is 4.90 Å². The quantitative estimate of drug-likeness (QED) is 0.788. The summed E-state index contributed by atoms with van der Waals surface area (Å²) in [5.74, 6) is 0.564. The second kappa shape index (κ2) is 6.61. The smallest absolute Gasteiger partial charge is 0.233 e. The molecule has 2 aromatic rings. The van der Waals surface area contributed by atoms with Crippen LogP contribution in [0.1, 0.15) is 18.7 Å². The van der Waals surface area contributed by atoms with Crippen LogP contribution in [0.15, 0.2) is 52.0 Å². The van der Waals surface area contributed by atoms with Crippen LogP contribution >= 0.6 is 11.8 Å². The highest BCUT2D eigenvalue weighted by Crippen LogP contribution is 2.24. The van der Waals surface area contributed by atoms with Gasteiger partial charge in [0, 0.05) is 11.9 Å². The summed E-state index contributed by atoms with van der Waals surface area (Å²) < 4.78 is 18.8. The first-order valence-corrected chi connectivity index (χ1v) is 7.24. The SMILES string of the molecule is CC(c1ccco1)N(C)C(=O)CSc1ccccc1F. The van der Waals surface area contributed by atoms with Crippen LogP contribution < -0.4 is 0 Å². The lowest BCUT2D eigenvalue weighted by Crippen LogP contribution is -2.30. The maximum atomic E-state index is 13.5. The Morgan fingerprint density at radius 2 is 2.10 bits per heavy atom. The van der Waals surface area contributed by atoms with Gasteiger partial charge in [-0.05, 0) is 31.2 Å². The van der Waals surface area contributed by atoms with E-state index in [4.69, 9.17) is 4.42 Å². The van der Waals surface area contributed by atoms with E-state index < -0.39 is 0 Å². The number of carbonyl (C=O) groups excluding carboxylic acids is 1. The summed E-state index contributed by atoms with van der Waals surface area (Å²) in [6, 6.07) is 9.93. The lowest BCUT2D eigenvalue weighted by Gasteiger charge is -2.23. The first kappa shape index (κ1) is 14.7. The van der Waals surface area contributed by atoms with Crippen molar-refractivity contribution in [1.29, 1.82) is 0 Å². The third-order valence-electron chi connectivity index (χ3n) is 3.12. The normalized spacial score (nSPS) is 12.2. The minimum Gasteiger partial charge on any atom is -0.467 e. The highest BCUT2D eigenvalue weighted by atomic mass is 32.2. The minimum atomic E-state index is -0.299. The summed E-state index contributed by atoms with van der Waals surface area (Å²) in [6.45, 7) is 1.89. The third kappa shape index (κ3) is 3.42. The number of halogens is 1. The molecule has 20 heavy (non-hydrogen) atoms. The maximum Gasteiger partial charge on any atom is 0.233 e. The number of furan rings is 1. The van der Waals surface area contributed by atoms with E-state index in [1.54, 1.807) is 42.5 Å². The molecule has 1 unspecified atom stereocenters. The molecule has 0 fully saturated rings. The number of carbonyl (C=O) groups is 1. The van der Waals surface area contributed by atoms with Gasteiger partial charge in [0.2, 0.25) is 5.91 Å². The van der Waals surface area contributed by atoms with Crippen LogP contribution in [0.4, 0.5) is 4.39 Å². The molecule has 0 aliphatic rings.